The van der Waals surface area contributed by atoms with Crippen molar-refractivity contribution in [3.8, 4) is 11.3 Å². The van der Waals surface area contributed by atoms with E-state index in [1.165, 1.54) is 4.90 Å². The highest BCUT2D eigenvalue weighted by Crippen LogP contribution is 2.34. The van der Waals surface area contributed by atoms with Crippen LogP contribution in [0.3, 0.4) is 0 Å². The average Bonchev–Trinajstić information content (AvgIpc) is 3.21. The molecule has 6 heteroatoms. The highest BCUT2D eigenvalue weighted by atomic mass is 16.3. The number of para-hydroxylation sites is 2. The van der Waals surface area contributed by atoms with Crippen molar-refractivity contribution < 1.29 is 9.90 Å². The second-order valence-corrected chi connectivity index (χ2v) is 7.22. The van der Waals surface area contributed by atoms with Crippen molar-refractivity contribution in [3.05, 3.63) is 59.8 Å². The molecular formula is C22H24N4O2. The fourth-order valence-electron chi connectivity index (χ4n) is 3.68. The Morgan fingerprint density at radius 3 is 2.36 bits per heavy atom. The average molecular weight is 376 g/mol. The van der Waals surface area contributed by atoms with E-state index < -0.39 is 6.10 Å². The fourth-order valence-corrected chi connectivity index (χ4v) is 3.68. The molecule has 0 saturated carbocycles. The number of rotatable bonds is 4. The summed E-state index contributed by atoms with van der Waals surface area (Å²) < 4.78 is 4.02. The standard InChI is InChI=1S/C22H24N4O2/c1-5-25-16-8-6-7-9-17(16)26-19(20(27)21(28)24(3)4)18(23-22(25)26)15-12-10-14(2)11-13-15/h6-13,20,27H,5H2,1-4H3. The van der Waals surface area contributed by atoms with Gasteiger partial charge in [-0.1, -0.05) is 42.0 Å². The molecule has 0 aliphatic carbocycles. The molecule has 2 aromatic heterocycles. The Hall–Kier alpha value is -3.12. The van der Waals surface area contributed by atoms with E-state index in [0.29, 0.717) is 11.4 Å². The van der Waals surface area contributed by atoms with Crippen LogP contribution in [0.15, 0.2) is 48.5 Å². The quantitative estimate of drug-likeness (QED) is 0.594. The second-order valence-electron chi connectivity index (χ2n) is 7.22. The number of likely N-dealkylation sites (N-methyl/N-ethyl adjacent to an activating group) is 1. The first-order valence-corrected chi connectivity index (χ1v) is 9.40. The Morgan fingerprint density at radius 2 is 1.75 bits per heavy atom. The van der Waals surface area contributed by atoms with Gasteiger partial charge in [0.15, 0.2) is 6.10 Å². The van der Waals surface area contributed by atoms with Crippen molar-refractivity contribution in [1.29, 1.82) is 0 Å². The van der Waals surface area contributed by atoms with E-state index in [1.807, 2.05) is 59.9 Å². The summed E-state index contributed by atoms with van der Waals surface area (Å²) in [6.07, 6.45) is -1.31. The van der Waals surface area contributed by atoms with Crippen LogP contribution in [-0.4, -0.2) is 44.0 Å². The number of aliphatic hydroxyl groups excluding tert-OH is 1. The normalized spacial score (nSPS) is 12.6. The van der Waals surface area contributed by atoms with E-state index in [2.05, 4.69) is 11.5 Å². The molecule has 2 aromatic carbocycles. The van der Waals surface area contributed by atoms with Gasteiger partial charge in [0.2, 0.25) is 5.78 Å². The smallest absolute Gasteiger partial charge is 0.257 e. The van der Waals surface area contributed by atoms with Gasteiger partial charge in [-0.15, -0.1) is 0 Å². The van der Waals surface area contributed by atoms with Gasteiger partial charge in [-0.25, -0.2) is 4.98 Å². The Kier molecular flexibility index (Phi) is 4.43. The molecule has 1 unspecified atom stereocenters. The molecule has 2 heterocycles. The van der Waals surface area contributed by atoms with Crippen LogP contribution in [0.2, 0.25) is 0 Å². The Morgan fingerprint density at radius 1 is 1.11 bits per heavy atom. The minimum absolute atomic E-state index is 0.372. The molecule has 0 spiro atoms. The number of hydrogen-bond acceptors (Lipinski definition) is 3. The summed E-state index contributed by atoms with van der Waals surface area (Å²) in [5, 5.41) is 11.0. The van der Waals surface area contributed by atoms with Crippen LogP contribution in [0.1, 0.15) is 24.3 Å². The van der Waals surface area contributed by atoms with Gasteiger partial charge >= 0.3 is 0 Å². The number of nitrogens with zero attached hydrogens (tertiary/aromatic N) is 4. The third-order valence-electron chi connectivity index (χ3n) is 5.13. The summed E-state index contributed by atoms with van der Waals surface area (Å²) in [5.41, 5.74) is 5.09. The molecule has 4 rings (SSSR count). The van der Waals surface area contributed by atoms with Crippen molar-refractivity contribution in [1.82, 2.24) is 18.9 Å². The lowest BCUT2D eigenvalue weighted by molar-refractivity contribution is -0.138. The molecule has 1 amide bonds. The lowest BCUT2D eigenvalue weighted by Gasteiger charge is -2.17. The van der Waals surface area contributed by atoms with Crippen LogP contribution in [0, 0.1) is 6.92 Å². The molecule has 0 aliphatic heterocycles. The van der Waals surface area contributed by atoms with E-state index in [1.54, 1.807) is 14.1 Å². The van der Waals surface area contributed by atoms with Gasteiger partial charge in [0.05, 0.1) is 22.4 Å². The summed E-state index contributed by atoms with van der Waals surface area (Å²) in [4.78, 5) is 18.9. The molecule has 6 nitrogen and oxygen atoms in total. The Bertz CT molecular complexity index is 1170. The number of imidazole rings is 2. The first-order valence-electron chi connectivity index (χ1n) is 9.40. The monoisotopic (exact) mass is 376 g/mol. The van der Waals surface area contributed by atoms with Gasteiger partial charge in [0, 0.05) is 26.2 Å². The largest absolute Gasteiger partial charge is 0.377 e. The van der Waals surface area contributed by atoms with Gasteiger partial charge in [0.1, 0.15) is 0 Å². The fraction of sp³-hybridized carbons (Fsp3) is 0.273. The molecule has 0 fully saturated rings. The molecule has 1 N–H and O–H groups in total. The molecule has 0 radical (unpaired) electrons. The zero-order valence-electron chi connectivity index (χ0n) is 16.5. The number of aryl methyl sites for hydroxylation is 2. The summed E-state index contributed by atoms with van der Waals surface area (Å²) in [6, 6.07) is 15.9. The molecule has 4 aromatic rings. The number of aromatic nitrogens is 3. The molecular weight excluding hydrogens is 352 g/mol. The van der Waals surface area contributed by atoms with Gasteiger partial charge in [-0.2, -0.15) is 0 Å². The number of hydrogen-bond donors (Lipinski definition) is 1. The number of amides is 1. The summed E-state index contributed by atoms with van der Waals surface area (Å²) in [5.74, 6) is 0.350. The topological polar surface area (TPSA) is 62.8 Å². The third-order valence-corrected chi connectivity index (χ3v) is 5.13. The highest BCUT2D eigenvalue weighted by Gasteiger charge is 2.30. The second kappa shape index (κ2) is 6.80. The van der Waals surface area contributed by atoms with Crippen molar-refractivity contribution in [2.75, 3.05) is 14.1 Å². The number of fused-ring (bicyclic) bond motifs is 3. The van der Waals surface area contributed by atoms with Crippen LogP contribution in [0.25, 0.3) is 28.1 Å². The lowest BCUT2D eigenvalue weighted by atomic mass is 10.0. The van der Waals surface area contributed by atoms with Crippen molar-refractivity contribution >= 4 is 22.7 Å². The Labute approximate surface area is 163 Å². The predicted octanol–water partition coefficient (Wildman–Crippen LogP) is 3.41. The lowest BCUT2D eigenvalue weighted by Crippen LogP contribution is -2.29. The summed E-state index contributed by atoms with van der Waals surface area (Å²) in [7, 11) is 3.29. The van der Waals surface area contributed by atoms with Crippen LogP contribution in [0.4, 0.5) is 0 Å². The maximum atomic E-state index is 12.7. The van der Waals surface area contributed by atoms with Crippen molar-refractivity contribution in [3.63, 3.8) is 0 Å². The minimum atomic E-state index is -1.31. The summed E-state index contributed by atoms with van der Waals surface area (Å²) in [6.45, 7) is 4.82. The number of benzene rings is 2. The van der Waals surface area contributed by atoms with Gasteiger partial charge < -0.3 is 14.6 Å². The zero-order valence-corrected chi connectivity index (χ0v) is 16.5. The first kappa shape index (κ1) is 18.3. The van der Waals surface area contributed by atoms with E-state index in [9.17, 15) is 9.90 Å². The predicted molar refractivity (Wildman–Crippen MR) is 110 cm³/mol. The van der Waals surface area contributed by atoms with Crippen LogP contribution in [-0.2, 0) is 11.3 Å². The molecule has 1 atom stereocenters. The van der Waals surface area contributed by atoms with Crippen molar-refractivity contribution in [2.24, 2.45) is 0 Å². The minimum Gasteiger partial charge on any atom is -0.377 e. The molecule has 0 bridgehead atoms. The molecule has 0 saturated heterocycles. The van der Waals surface area contributed by atoms with Gasteiger partial charge in [0.25, 0.3) is 5.91 Å². The van der Waals surface area contributed by atoms with Gasteiger partial charge in [-0.05, 0) is 26.0 Å². The van der Waals surface area contributed by atoms with Crippen LogP contribution in [0.5, 0.6) is 0 Å². The Balaban J connectivity index is 2.10. The molecule has 144 valence electrons. The number of carbonyl (C=O) groups excluding carboxylic acids is 1. The number of aliphatic hydroxyl groups is 1. The van der Waals surface area contributed by atoms with Crippen LogP contribution < -0.4 is 0 Å². The molecule has 0 aliphatic rings. The summed E-state index contributed by atoms with van der Waals surface area (Å²) >= 11 is 0. The van der Waals surface area contributed by atoms with Crippen molar-refractivity contribution in [2.45, 2.75) is 26.5 Å². The van der Waals surface area contributed by atoms with E-state index in [4.69, 9.17) is 4.98 Å². The van der Waals surface area contributed by atoms with E-state index in [-0.39, 0.29) is 5.91 Å². The maximum Gasteiger partial charge on any atom is 0.257 e. The third kappa shape index (κ3) is 2.68. The number of carbonyl (C=O) groups is 1. The molecule has 28 heavy (non-hydrogen) atoms. The van der Waals surface area contributed by atoms with Gasteiger partial charge in [-0.3, -0.25) is 9.20 Å². The highest BCUT2D eigenvalue weighted by molar-refractivity contribution is 5.88. The zero-order chi connectivity index (χ0) is 20.0. The SMILES string of the molecule is CCn1c2ccccc2n2c(C(O)C(=O)N(C)C)c(-c3ccc(C)cc3)nc12. The van der Waals surface area contributed by atoms with Crippen LogP contribution >= 0.6 is 0 Å². The van der Waals surface area contributed by atoms with E-state index >= 15 is 0 Å². The first-order chi connectivity index (χ1) is 13.4. The van der Waals surface area contributed by atoms with E-state index in [0.717, 1.165) is 34.5 Å². The maximum absolute atomic E-state index is 12.7.